The van der Waals surface area contributed by atoms with Gasteiger partial charge in [-0.2, -0.15) is 13.2 Å². The van der Waals surface area contributed by atoms with Gasteiger partial charge in [0.15, 0.2) is 6.61 Å². The summed E-state index contributed by atoms with van der Waals surface area (Å²) in [6.45, 7) is 2.82. The van der Waals surface area contributed by atoms with Crippen LogP contribution in [0.1, 0.15) is 30.2 Å². The number of hydrogen-bond donors (Lipinski definition) is 1. The molecule has 2 aromatic rings. The largest absolute Gasteiger partial charge is 0.501 e. The number of carbonyl (C=O) groups is 1. The molecule has 1 amide bonds. The average Bonchev–Trinajstić information content (AvgIpc) is 2.82. The van der Waals surface area contributed by atoms with Crippen molar-refractivity contribution in [2.24, 2.45) is 11.1 Å². The second-order valence-corrected chi connectivity index (χ2v) is 7.36. The van der Waals surface area contributed by atoms with Crippen molar-refractivity contribution in [3.8, 4) is 5.75 Å². The summed E-state index contributed by atoms with van der Waals surface area (Å²) in [5.41, 5.74) is 0.851. The Balaban J connectivity index is 1.41. The molecule has 33 heavy (non-hydrogen) atoms. The molecule has 1 aliphatic rings. The van der Waals surface area contributed by atoms with Crippen molar-refractivity contribution in [2.75, 3.05) is 19.8 Å². The molecule has 1 aromatic heterocycles. The van der Waals surface area contributed by atoms with Crippen LogP contribution in [0, 0.1) is 5.92 Å². The van der Waals surface area contributed by atoms with Crippen LogP contribution in [0.2, 0.25) is 0 Å². The van der Waals surface area contributed by atoms with Gasteiger partial charge in [-0.3, -0.25) is 9.78 Å². The minimum Gasteiger partial charge on any atom is -0.501 e. The number of carbonyl (C=O) groups excluding carboxylic acids is 1. The third kappa shape index (κ3) is 7.81. The van der Waals surface area contributed by atoms with E-state index in [4.69, 9.17) is 14.3 Å². The number of halogens is 3. The van der Waals surface area contributed by atoms with Gasteiger partial charge in [0.25, 0.3) is 5.91 Å². The summed E-state index contributed by atoms with van der Waals surface area (Å²) in [5, 5.41) is 6.81. The van der Waals surface area contributed by atoms with E-state index < -0.39 is 11.9 Å². The van der Waals surface area contributed by atoms with Gasteiger partial charge < -0.3 is 19.6 Å². The predicted molar refractivity (Wildman–Crippen MR) is 114 cm³/mol. The molecule has 7 nitrogen and oxygen atoms in total. The number of nitrogens with zero attached hydrogens (tertiary/aromatic N) is 2. The molecule has 1 atom stereocenters. The van der Waals surface area contributed by atoms with Crippen LogP contribution in [0.15, 0.2) is 60.1 Å². The molecule has 1 aliphatic heterocycles. The van der Waals surface area contributed by atoms with Crippen molar-refractivity contribution < 1.29 is 32.3 Å². The lowest BCUT2D eigenvalue weighted by molar-refractivity contribution is -0.141. The zero-order valence-electron chi connectivity index (χ0n) is 18.0. The summed E-state index contributed by atoms with van der Waals surface area (Å²) in [6.07, 6.45) is 1.08. The first-order valence-corrected chi connectivity index (χ1v) is 10.3. The van der Waals surface area contributed by atoms with Crippen LogP contribution in [0.4, 0.5) is 13.2 Å². The SMILES string of the molecule is C/C(=N/OCc1ccc(C(F)(F)F)nc1)c1ccc(OCC(=O)NCC2C=COCC2)cc1. The summed E-state index contributed by atoms with van der Waals surface area (Å²) < 4.78 is 48.2. The molecule has 3 rings (SSSR count). The van der Waals surface area contributed by atoms with Gasteiger partial charge in [-0.25, -0.2) is 0 Å². The quantitative estimate of drug-likeness (QED) is 0.448. The fourth-order valence-corrected chi connectivity index (χ4v) is 2.89. The van der Waals surface area contributed by atoms with Gasteiger partial charge in [0, 0.05) is 24.2 Å². The first kappa shape index (κ1) is 24.1. The van der Waals surface area contributed by atoms with E-state index in [1.807, 2.05) is 6.08 Å². The molecule has 10 heteroatoms. The fourth-order valence-electron chi connectivity index (χ4n) is 2.89. The molecule has 0 spiro atoms. The maximum Gasteiger partial charge on any atom is 0.433 e. The van der Waals surface area contributed by atoms with Gasteiger partial charge in [-0.1, -0.05) is 11.2 Å². The van der Waals surface area contributed by atoms with Crippen LogP contribution < -0.4 is 10.1 Å². The Labute approximate surface area is 189 Å². The molecule has 0 fully saturated rings. The molecule has 1 unspecified atom stereocenters. The molecule has 2 heterocycles. The van der Waals surface area contributed by atoms with Crippen molar-refractivity contribution in [2.45, 2.75) is 26.1 Å². The second-order valence-electron chi connectivity index (χ2n) is 7.36. The van der Waals surface area contributed by atoms with E-state index in [9.17, 15) is 18.0 Å². The van der Waals surface area contributed by atoms with E-state index in [1.165, 1.54) is 6.07 Å². The van der Waals surface area contributed by atoms with Gasteiger partial charge in [0.05, 0.1) is 18.6 Å². The van der Waals surface area contributed by atoms with Gasteiger partial charge in [-0.05, 0) is 55.3 Å². The highest BCUT2D eigenvalue weighted by molar-refractivity contribution is 5.98. The van der Waals surface area contributed by atoms with Gasteiger partial charge in [-0.15, -0.1) is 0 Å². The molecule has 0 bridgehead atoms. The number of rotatable bonds is 9. The number of amides is 1. The standard InChI is InChI=1S/C23H24F3N3O4/c1-16(29-33-14-18-2-7-21(27-13-18)23(24,25)26)19-3-5-20(6-4-19)32-15-22(30)28-12-17-8-10-31-11-9-17/h2-8,10,13,17H,9,11-12,14-15H2,1H3,(H,28,30)/b29-16-. The first-order chi connectivity index (χ1) is 15.8. The van der Waals surface area contributed by atoms with E-state index in [-0.39, 0.29) is 25.0 Å². The number of benzene rings is 1. The fraction of sp³-hybridized carbons (Fsp3) is 0.348. The number of pyridine rings is 1. The first-order valence-electron chi connectivity index (χ1n) is 10.3. The molecule has 1 aromatic carbocycles. The lowest BCUT2D eigenvalue weighted by Gasteiger charge is -2.17. The highest BCUT2D eigenvalue weighted by atomic mass is 19.4. The van der Waals surface area contributed by atoms with Gasteiger partial charge in [0.1, 0.15) is 18.1 Å². The number of ether oxygens (including phenoxy) is 2. The van der Waals surface area contributed by atoms with Crippen molar-refractivity contribution >= 4 is 11.6 Å². The summed E-state index contributed by atoms with van der Waals surface area (Å²) in [5.74, 6) is 0.592. The average molecular weight is 463 g/mol. The number of aromatic nitrogens is 1. The molecular weight excluding hydrogens is 439 g/mol. The van der Waals surface area contributed by atoms with Crippen molar-refractivity contribution in [1.82, 2.24) is 10.3 Å². The zero-order chi connectivity index (χ0) is 23.7. The highest BCUT2D eigenvalue weighted by Gasteiger charge is 2.32. The maximum absolute atomic E-state index is 12.5. The van der Waals surface area contributed by atoms with E-state index in [1.54, 1.807) is 37.5 Å². The van der Waals surface area contributed by atoms with E-state index in [0.717, 1.165) is 24.2 Å². The molecule has 1 N–H and O–H groups in total. The molecule has 0 radical (unpaired) electrons. The van der Waals surface area contributed by atoms with Crippen LogP contribution in [0.3, 0.4) is 0 Å². The third-order valence-corrected chi connectivity index (χ3v) is 4.80. The maximum atomic E-state index is 12.5. The van der Waals surface area contributed by atoms with Crippen molar-refractivity contribution in [3.05, 3.63) is 71.8 Å². The number of oxime groups is 1. The third-order valence-electron chi connectivity index (χ3n) is 4.80. The Kier molecular flexibility index (Phi) is 8.28. The molecule has 0 saturated carbocycles. The van der Waals surface area contributed by atoms with E-state index in [2.05, 4.69) is 15.5 Å². The van der Waals surface area contributed by atoms with Gasteiger partial charge >= 0.3 is 6.18 Å². The smallest absolute Gasteiger partial charge is 0.433 e. The minimum atomic E-state index is -4.48. The lowest BCUT2D eigenvalue weighted by Crippen LogP contribution is -2.33. The highest BCUT2D eigenvalue weighted by Crippen LogP contribution is 2.27. The monoisotopic (exact) mass is 463 g/mol. The molecule has 176 valence electrons. The van der Waals surface area contributed by atoms with Gasteiger partial charge in [0.2, 0.25) is 0 Å². The molecular formula is C23H24F3N3O4. The van der Waals surface area contributed by atoms with Crippen molar-refractivity contribution in [3.63, 3.8) is 0 Å². The Morgan fingerprint density at radius 2 is 2.03 bits per heavy atom. The second kappa shape index (κ2) is 11.3. The minimum absolute atomic E-state index is 0.0115. The zero-order valence-corrected chi connectivity index (χ0v) is 18.0. The number of nitrogens with one attached hydrogen (secondary N) is 1. The summed E-state index contributed by atoms with van der Waals surface area (Å²) in [4.78, 5) is 20.5. The Morgan fingerprint density at radius 1 is 1.24 bits per heavy atom. The van der Waals surface area contributed by atoms with Crippen LogP contribution in [-0.4, -0.2) is 36.4 Å². The summed E-state index contributed by atoms with van der Waals surface area (Å²) in [7, 11) is 0. The molecule has 0 aliphatic carbocycles. The van der Waals surface area contributed by atoms with Crippen molar-refractivity contribution in [1.29, 1.82) is 0 Å². The number of hydrogen-bond acceptors (Lipinski definition) is 6. The molecule has 0 saturated heterocycles. The van der Waals surface area contributed by atoms with E-state index in [0.29, 0.717) is 30.2 Å². The summed E-state index contributed by atoms with van der Waals surface area (Å²) in [6, 6.07) is 9.15. The number of alkyl halides is 3. The van der Waals surface area contributed by atoms with E-state index >= 15 is 0 Å². The Morgan fingerprint density at radius 3 is 2.67 bits per heavy atom. The Bertz CT molecular complexity index is 974. The summed E-state index contributed by atoms with van der Waals surface area (Å²) >= 11 is 0. The normalized spacial score (nSPS) is 16.1. The van der Waals surface area contributed by atoms with Crippen LogP contribution in [-0.2, 0) is 27.2 Å². The topological polar surface area (TPSA) is 82.0 Å². The van der Waals surface area contributed by atoms with Crippen LogP contribution >= 0.6 is 0 Å². The Hall–Kier alpha value is -3.56. The van der Waals surface area contributed by atoms with Crippen LogP contribution in [0.25, 0.3) is 0 Å². The lowest BCUT2D eigenvalue weighted by atomic mass is 10.1. The van der Waals surface area contributed by atoms with Crippen LogP contribution in [0.5, 0.6) is 5.75 Å². The predicted octanol–water partition coefficient (Wildman–Crippen LogP) is 4.09.